The van der Waals surface area contributed by atoms with Gasteiger partial charge in [0.1, 0.15) is 11.6 Å². The van der Waals surface area contributed by atoms with Gasteiger partial charge in [0.15, 0.2) is 12.7 Å². The number of nitriles is 1. The van der Waals surface area contributed by atoms with E-state index in [2.05, 4.69) is 16.2 Å². The minimum atomic E-state index is 0.0302. The van der Waals surface area contributed by atoms with Gasteiger partial charge in [0.2, 0.25) is 12.1 Å². The molecule has 0 atom stereocenters. The topological polar surface area (TPSA) is 124 Å². The molecule has 2 saturated heterocycles. The summed E-state index contributed by atoms with van der Waals surface area (Å²) in [5.41, 5.74) is 12.1. The van der Waals surface area contributed by atoms with Crippen LogP contribution in [0, 0.1) is 11.3 Å². The average molecular weight is 485 g/mol. The number of nitrogens with zero attached hydrogens (tertiary/aromatic N) is 5. The van der Waals surface area contributed by atoms with E-state index in [1.165, 1.54) is 0 Å². The molecule has 0 spiro atoms. The van der Waals surface area contributed by atoms with Gasteiger partial charge >= 0.3 is 0 Å². The highest BCUT2D eigenvalue weighted by Crippen LogP contribution is 2.30. The Morgan fingerprint density at radius 1 is 1.36 bits per heavy atom. The molecule has 2 aliphatic rings. The van der Waals surface area contributed by atoms with Crippen LogP contribution in [0.1, 0.15) is 37.4 Å². The number of nitrogens with one attached hydrogen (secondary N) is 1. The molecule has 1 amide bonds. The molecule has 2 fully saturated rings. The van der Waals surface area contributed by atoms with E-state index in [4.69, 9.17) is 15.5 Å². The van der Waals surface area contributed by atoms with Crippen LogP contribution >= 0.6 is 0 Å². The van der Waals surface area contributed by atoms with Crippen LogP contribution in [0.3, 0.4) is 0 Å². The quantitative estimate of drug-likeness (QED) is 0.553. The number of pyridine rings is 1. The van der Waals surface area contributed by atoms with E-state index in [9.17, 15) is 10.1 Å². The molecular formula is C27H30N7O2+. The molecule has 0 unspecified atom stereocenters. The first kappa shape index (κ1) is 23.7. The van der Waals surface area contributed by atoms with Crippen LogP contribution in [-0.2, 0) is 16.6 Å². The van der Waals surface area contributed by atoms with Crippen molar-refractivity contribution in [2.45, 2.75) is 32.2 Å². The second kappa shape index (κ2) is 9.91. The van der Waals surface area contributed by atoms with Gasteiger partial charge in [0, 0.05) is 73.8 Å². The summed E-state index contributed by atoms with van der Waals surface area (Å²) in [5.74, 6) is 0.0302. The van der Waals surface area contributed by atoms with Gasteiger partial charge in [0.05, 0.1) is 11.7 Å². The van der Waals surface area contributed by atoms with Gasteiger partial charge in [-0.2, -0.15) is 10.4 Å². The number of amides is 1. The summed E-state index contributed by atoms with van der Waals surface area (Å²) in [4.78, 5) is 23.8. The number of aromatic nitrogens is 3. The number of likely N-dealkylation sites (tertiary alicyclic amines) is 1. The molecule has 184 valence electrons. The zero-order valence-electron chi connectivity index (χ0n) is 20.6. The van der Waals surface area contributed by atoms with Crippen molar-refractivity contribution in [1.29, 1.82) is 5.26 Å². The largest absolute Gasteiger partial charge is 0.398 e. The molecule has 2 aliphatic heterocycles. The second-order valence-electron chi connectivity index (χ2n) is 9.35. The van der Waals surface area contributed by atoms with Crippen molar-refractivity contribution in [1.82, 2.24) is 15.0 Å². The van der Waals surface area contributed by atoms with E-state index in [0.717, 1.165) is 59.2 Å². The molecule has 9 nitrogen and oxygen atoms in total. The number of hydrogen-bond acceptors (Lipinski definition) is 6. The Bertz CT molecular complexity index is 1420. The third-order valence-corrected chi connectivity index (χ3v) is 6.94. The van der Waals surface area contributed by atoms with Crippen molar-refractivity contribution in [2.75, 3.05) is 26.3 Å². The molecule has 9 heteroatoms. The summed E-state index contributed by atoms with van der Waals surface area (Å²) in [7, 11) is 1.84. The molecule has 36 heavy (non-hydrogen) atoms. The van der Waals surface area contributed by atoms with Crippen molar-refractivity contribution in [3.63, 3.8) is 0 Å². The molecular weight excluding hydrogens is 454 g/mol. The van der Waals surface area contributed by atoms with E-state index in [0.29, 0.717) is 36.6 Å². The first-order chi connectivity index (χ1) is 17.4. The highest BCUT2D eigenvalue weighted by atomic mass is 16.5. The Balaban J connectivity index is 1.59. The lowest BCUT2D eigenvalue weighted by atomic mass is 9.93. The summed E-state index contributed by atoms with van der Waals surface area (Å²) in [6.45, 7) is 4.12. The maximum Gasteiger partial charge on any atom is 0.219 e. The molecule has 0 saturated carbocycles. The molecule has 2 aromatic heterocycles. The maximum atomic E-state index is 12.2. The minimum absolute atomic E-state index is 0.0302. The molecule has 0 aliphatic carbocycles. The first-order valence-electron chi connectivity index (χ1n) is 12.2. The number of fused-ring (bicyclic) bond motifs is 1. The molecule has 3 aromatic rings. The monoisotopic (exact) mass is 484 g/mol. The first-order valence-corrected chi connectivity index (χ1v) is 12.2. The van der Waals surface area contributed by atoms with Crippen LogP contribution in [0.25, 0.3) is 27.7 Å². The third-order valence-electron chi connectivity index (χ3n) is 6.94. The van der Waals surface area contributed by atoms with Gasteiger partial charge in [-0.1, -0.05) is 18.2 Å². The number of ether oxygens (including phenoxy) is 1. The minimum Gasteiger partial charge on any atom is -0.398 e. The molecule has 0 bridgehead atoms. The van der Waals surface area contributed by atoms with Crippen LogP contribution in [0.5, 0.6) is 0 Å². The maximum absolute atomic E-state index is 12.2. The number of benzene rings is 1. The highest BCUT2D eigenvalue weighted by molar-refractivity contribution is 6.10. The van der Waals surface area contributed by atoms with Gasteiger partial charge in [-0.05, 0) is 24.3 Å². The van der Waals surface area contributed by atoms with Crippen molar-refractivity contribution < 1.29 is 14.2 Å². The van der Waals surface area contributed by atoms with Crippen LogP contribution in [0.15, 0.2) is 47.2 Å². The molecule has 5 rings (SSSR count). The van der Waals surface area contributed by atoms with Crippen molar-refractivity contribution in [3.05, 3.63) is 53.5 Å². The number of nitrogens with two attached hydrogens (primary N) is 1. The fourth-order valence-corrected chi connectivity index (χ4v) is 4.96. The lowest BCUT2D eigenvalue weighted by Crippen LogP contribution is -2.40. The molecule has 1 aromatic carbocycles. The highest BCUT2D eigenvalue weighted by Gasteiger charge is 2.26. The Morgan fingerprint density at radius 3 is 2.92 bits per heavy atom. The van der Waals surface area contributed by atoms with Crippen LogP contribution in [0.2, 0.25) is 0 Å². The summed E-state index contributed by atoms with van der Waals surface area (Å²) >= 11 is 0. The SMILES string of the molecule is CC(=O)N1CCC(=NC2CCOCC2)C(=C(N)c2cccc3cc(-c4c[n+](C)[nH]c4C#N)ncc23)C1. The Hall–Kier alpha value is -4.03. The van der Waals surface area contributed by atoms with Gasteiger partial charge in [-0.3, -0.25) is 14.8 Å². The third kappa shape index (κ3) is 4.60. The Labute approximate surface area is 209 Å². The van der Waals surface area contributed by atoms with Gasteiger partial charge in [-0.15, -0.1) is 4.68 Å². The Morgan fingerprint density at radius 2 is 2.17 bits per heavy atom. The van der Waals surface area contributed by atoms with Gasteiger partial charge in [-0.25, -0.2) is 0 Å². The van der Waals surface area contributed by atoms with Crippen LogP contribution in [-0.4, -0.2) is 58.9 Å². The lowest BCUT2D eigenvalue weighted by Gasteiger charge is -2.31. The van der Waals surface area contributed by atoms with E-state index < -0.39 is 0 Å². The number of piperidine rings is 1. The fourth-order valence-electron chi connectivity index (χ4n) is 4.96. The zero-order valence-corrected chi connectivity index (χ0v) is 20.6. The summed E-state index contributed by atoms with van der Waals surface area (Å²) < 4.78 is 7.24. The van der Waals surface area contributed by atoms with E-state index >= 15 is 0 Å². The smallest absolute Gasteiger partial charge is 0.219 e. The van der Waals surface area contributed by atoms with Crippen LogP contribution < -0.4 is 10.4 Å². The average Bonchev–Trinajstić information content (AvgIpc) is 3.29. The van der Waals surface area contributed by atoms with Gasteiger partial charge < -0.3 is 15.4 Å². The van der Waals surface area contributed by atoms with Crippen molar-refractivity contribution >= 4 is 28.1 Å². The lowest BCUT2D eigenvalue weighted by molar-refractivity contribution is -0.726. The van der Waals surface area contributed by atoms with E-state index in [-0.39, 0.29) is 11.9 Å². The summed E-state index contributed by atoms with van der Waals surface area (Å²) in [6, 6.07) is 10.4. The number of H-pyrrole nitrogens is 1. The predicted molar refractivity (Wildman–Crippen MR) is 137 cm³/mol. The number of hydrogen-bond donors (Lipinski definition) is 2. The molecule has 4 heterocycles. The predicted octanol–water partition coefficient (Wildman–Crippen LogP) is 2.47. The number of rotatable bonds is 3. The number of carbonyl (C=O) groups is 1. The molecule has 3 N–H and O–H groups in total. The standard InChI is InChI=1S/C27H29N7O2/c1-17(35)34-9-6-24(31-19-7-10-36-11-8-19)23(16-34)27(29)20-5-3-4-18-12-25(30-14-21(18)20)22-15-33(2)32-26(22)13-28/h3-5,12,14-15,19H,6-11,16H2,1-2H3,(H2,29,31)/p+1. The van der Waals surface area contributed by atoms with Gasteiger partial charge in [0.25, 0.3) is 0 Å². The second-order valence-corrected chi connectivity index (χ2v) is 9.35. The number of carbonyl (C=O) groups excluding carboxylic acids is 1. The normalized spacial score (nSPS) is 19.5. The zero-order chi connectivity index (χ0) is 25.2. The van der Waals surface area contributed by atoms with Crippen LogP contribution in [0.4, 0.5) is 0 Å². The Kier molecular flexibility index (Phi) is 6.53. The van der Waals surface area contributed by atoms with E-state index in [1.54, 1.807) is 11.6 Å². The molecule has 0 radical (unpaired) electrons. The van der Waals surface area contributed by atoms with Crippen molar-refractivity contribution in [2.24, 2.45) is 17.8 Å². The number of aromatic amines is 1. The number of aliphatic imine (C=N–C) groups is 1. The summed E-state index contributed by atoms with van der Waals surface area (Å²) in [5, 5.41) is 14.4. The fraction of sp³-hybridized carbons (Fsp3) is 0.370. The van der Waals surface area contributed by atoms with Crippen molar-refractivity contribution in [3.8, 4) is 17.3 Å². The van der Waals surface area contributed by atoms with E-state index in [1.807, 2.05) is 48.6 Å². The summed E-state index contributed by atoms with van der Waals surface area (Å²) in [6.07, 6.45) is 6.14. The number of aryl methyl sites for hydroxylation is 1.